The lowest BCUT2D eigenvalue weighted by molar-refractivity contribution is -0.120. The quantitative estimate of drug-likeness (QED) is 0.874. The van der Waals surface area contributed by atoms with Gasteiger partial charge in [0.15, 0.2) is 0 Å². The molecule has 2 atom stereocenters. The minimum atomic E-state index is -1.31. The molecule has 6 heteroatoms. The van der Waals surface area contributed by atoms with Gasteiger partial charge in [0.25, 0.3) is 0 Å². The van der Waals surface area contributed by atoms with Crippen LogP contribution in [0, 0.1) is 0 Å². The summed E-state index contributed by atoms with van der Waals surface area (Å²) >= 11 is 11.8. The number of hydrogen-bond donors (Lipinski definition) is 1. The SMILES string of the molecule is CCCNC(=O)[C@@H](C)[S@@](=O)Cc1ccc(Cl)cc1Cl. The Balaban J connectivity index is 2.66. The van der Waals surface area contributed by atoms with Crippen LogP contribution in [0.2, 0.25) is 10.0 Å². The van der Waals surface area contributed by atoms with E-state index in [2.05, 4.69) is 5.32 Å². The molecule has 3 nitrogen and oxygen atoms in total. The fourth-order valence-electron chi connectivity index (χ4n) is 1.43. The molecule has 0 aliphatic carbocycles. The highest BCUT2D eigenvalue weighted by molar-refractivity contribution is 7.85. The molecule has 0 unspecified atom stereocenters. The van der Waals surface area contributed by atoms with Gasteiger partial charge in [-0.25, -0.2) is 0 Å². The van der Waals surface area contributed by atoms with E-state index in [1.165, 1.54) is 0 Å². The summed E-state index contributed by atoms with van der Waals surface area (Å²) in [6.07, 6.45) is 0.855. The van der Waals surface area contributed by atoms with Gasteiger partial charge in [-0.05, 0) is 31.0 Å². The molecule has 106 valence electrons. The number of amides is 1. The molecule has 1 aromatic rings. The summed E-state index contributed by atoms with van der Waals surface area (Å²) in [5.41, 5.74) is 0.736. The lowest BCUT2D eigenvalue weighted by Crippen LogP contribution is -2.36. The zero-order chi connectivity index (χ0) is 14.4. The highest BCUT2D eigenvalue weighted by Gasteiger charge is 2.20. The summed E-state index contributed by atoms with van der Waals surface area (Å²) in [5.74, 6) is 0.0572. The van der Waals surface area contributed by atoms with Crippen molar-refractivity contribution >= 4 is 39.9 Å². The fourth-order valence-corrected chi connectivity index (χ4v) is 3.11. The summed E-state index contributed by atoms with van der Waals surface area (Å²) in [6, 6.07) is 5.04. The smallest absolute Gasteiger partial charge is 0.235 e. The molecule has 0 aromatic heterocycles. The maximum atomic E-state index is 12.1. The topological polar surface area (TPSA) is 46.2 Å². The Bertz CT molecular complexity index is 480. The monoisotopic (exact) mass is 321 g/mol. The van der Waals surface area contributed by atoms with Crippen molar-refractivity contribution in [2.45, 2.75) is 31.3 Å². The van der Waals surface area contributed by atoms with Crippen molar-refractivity contribution in [3.63, 3.8) is 0 Å². The standard InChI is InChI=1S/C13H17Cl2NO2S/c1-3-6-16-13(17)9(2)19(18)8-10-4-5-11(14)7-12(10)15/h4-5,7,9H,3,6,8H2,1-2H3,(H,16,17)/t9-,19+/m1/s1. The Hall–Kier alpha value is -0.580. The van der Waals surface area contributed by atoms with Crippen molar-refractivity contribution in [1.29, 1.82) is 0 Å². The Kier molecular flexibility index (Phi) is 6.83. The third kappa shape index (κ3) is 5.13. The van der Waals surface area contributed by atoms with E-state index in [4.69, 9.17) is 23.2 Å². The van der Waals surface area contributed by atoms with Crippen LogP contribution in [-0.4, -0.2) is 21.9 Å². The first-order valence-electron chi connectivity index (χ1n) is 6.04. The average molecular weight is 322 g/mol. The van der Waals surface area contributed by atoms with Gasteiger partial charge < -0.3 is 5.32 Å². The van der Waals surface area contributed by atoms with Crippen LogP contribution in [0.25, 0.3) is 0 Å². The van der Waals surface area contributed by atoms with Crippen LogP contribution in [0.15, 0.2) is 18.2 Å². The zero-order valence-corrected chi connectivity index (χ0v) is 13.2. The molecule has 0 saturated carbocycles. The molecule has 1 aromatic carbocycles. The number of nitrogens with one attached hydrogen (secondary N) is 1. The van der Waals surface area contributed by atoms with Crippen LogP contribution >= 0.6 is 23.2 Å². The van der Waals surface area contributed by atoms with Crippen molar-refractivity contribution in [3.8, 4) is 0 Å². The summed E-state index contributed by atoms with van der Waals surface area (Å²) in [7, 11) is -1.31. The molecule has 19 heavy (non-hydrogen) atoms. The van der Waals surface area contributed by atoms with Crippen molar-refractivity contribution in [2.75, 3.05) is 6.54 Å². The maximum absolute atomic E-state index is 12.1. The number of carbonyl (C=O) groups is 1. The third-order valence-electron chi connectivity index (χ3n) is 2.63. The van der Waals surface area contributed by atoms with Gasteiger partial charge in [0, 0.05) is 27.4 Å². The minimum Gasteiger partial charge on any atom is -0.355 e. The second-order valence-corrected chi connectivity index (χ2v) is 6.79. The number of halogens is 2. The summed E-state index contributed by atoms with van der Waals surface area (Å²) < 4.78 is 12.1. The predicted octanol–water partition coefficient (Wildman–Crippen LogP) is 3.16. The summed E-state index contributed by atoms with van der Waals surface area (Å²) in [6.45, 7) is 4.22. The van der Waals surface area contributed by atoms with E-state index in [1.54, 1.807) is 25.1 Å². The molecule has 0 spiro atoms. The molecule has 0 heterocycles. The summed E-state index contributed by atoms with van der Waals surface area (Å²) in [5, 5.41) is 3.19. The molecule has 0 saturated heterocycles. The van der Waals surface area contributed by atoms with Gasteiger partial charge in [0.05, 0.1) is 5.75 Å². The Morgan fingerprint density at radius 3 is 2.68 bits per heavy atom. The summed E-state index contributed by atoms with van der Waals surface area (Å²) in [4.78, 5) is 11.7. The van der Waals surface area contributed by atoms with Gasteiger partial charge in [-0.3, -0.25) is 9.00 Å². The minimum absolute atomic E-state index is 0.190. The van der Waals surface area contributed by atoms with Crippen LogP contribution in [-0.2, 0) is 21.3 Å². The fraction of sp³-hybridized carbons (Fsp3) is 0.462. The number of carbonyl (C=O) groups excluding carboxylic acids is 1. The Morgan fingerprint density at radius 2 is 2.11 bits per heavy atom. The van der Waals surface area contributed by atoms with E-state index < -0.39 is 16.0 Å². The van der Waals surface area contributed by atoms with E-state index in [0.717, 1.165) is 12.0 Å². The molecular formula is C13H17Cl2NO2S. The number of benzene rings is 1. The lowest BCUT2D eigenvalue weighted by atomic mass is 10.2. The maximum Gasteiger partial charge on any atom is 0.235 e. The van der Waals surface area contributed by atoms with Crippen LogP contribution in [0.5, 0.6) is 0 Å². The first kappa shape index (κ1) is 16.5. The second-order valence-electron chi connectivity index (χ2n) is 4.19. The van der Waals surface area contributed by atoms with Gasteiger partial charge >= 0.3 is 0 Å². The Morgan fingerprint density at radius 1 is 1.42 bits per heavy atom. The molecular weight excluding hydrogens is 305 g/mol. The van der Waals surface area contributed by atoms with E-state index in [-0.39, 0.29) is 11.7 Å². The lowest BCUT2D eigenvalue weighted by Gasteiger charge is -2.12. The van der Waals surface area contributed by atoms with Crippen LogP contribution in [0.3, 0.4) is 0 Å². The van der Waals surface area contributed by atoms with E-state index in [0.29, 0.717) is 16.6 Å². The largest absolute Gasteiger partial charge is 0.355 e. The van der Waals surface area contributed by atoms with Crippen molar-refractivity contribution in [1.82, 2.24) is 5.32 Å². The highest BCUT2D eigenvalue weighted by Crippen LogP contribution is 2.22. The van der Waals surface area contributed by atoms with Crippen molar-refractivity contribution in [2.24, 2.45) is 0 Å². The Labute approximate surface area is 126 Å². The van der Waals surface area contributed by atoms with E-state index >= 15 is 0 Å². The molecule has 0 bridgehead atoms. The highest BCUT2D eigenvalue weighted by atomic mass is 35.5. The van der Waals surface area contributed by atoms with Crippen LogP contribution in [0.1, 0.15) is 25.8 Å². The van der Waals surface area contributed by atoms with Crippen molar-refractivity contribution in [3.05, 3.63) is 33.8 Å². The molecule has 0 aliphatic heterocycles. The molecule has 0 fully saturated rings. The third-order valence-corrected chi connectivity index (χ3v) is 4.81. The van der Waals surface area contributed by atoms with Gasteiger partial charge in [-0.15, -0.1) is 0 Å². The van der Waals surface area contributed by atoms with Gasteiger partial charge in [0.1, 0.15) is 5.25 Å². The normalized spacial score (nSPS) is 13.9. The molecule has 0 aliphatic rings. The number of hydrogen-bond acceptors (Lipinski definition) is 2. The molecule has 1 N–H and O–H groups in total. The van der Waals surface area contributed by atoms with Gasteiger partial charge in [0.2, 0.25) is 5.91 Å². The first-order chi connectivity index (χ1) is 8.95. The number of rotatable bonds is 6. The van der Waals surface area contributed by atoms with Gasteiger partial charge in [-0.1, -0.05) is 36.2 Å². The second kappa shape index (κ2) is 7.88. The first-order valence-corrected chi connectivity index (χ1v) is 8.18. The van der Waals surface area contributed by atoms with Crippen molar-refractivity contribution < 1.29 is 9.00 Å². The van der Waals surface area contributed by atoms with Crippen LogP contribution in [0.4, 0.5) is 0 Å². The van der Waals surface area contributed by atoms with Crippen LogP contribution < -0.4 is 5.32 Å². The zero-order valence-electron chi connectivity index (χ0n) is 10.9. The van der Waals surface area contributed by atoms with E-state index in [9.17, 15) is 9.00 Å². The average Bonchev–Trinajstić information content (AvgIpc) is 2.38. The molecule has 0 radical (unpaired) electrons. The molecule has 1 rings (SSSR count). The predicted molar refractivity (Wildman–Crippen MR) is 81.1 cm³/mol. The van der Waals surface area contributed by atoms with Gasteiger partial charge in [-0.2, -0.15) is 0 Å². The molecule has 1 amide bonds. The van der Waals surface area contributed by atoms with E-state index in [1.807, 2.05) is 6.92 Å².